The van der Waals surface area contributed by atoms with Gasteiger partial charge in [-0.3, -0.25) is 9.89 Å². The standard InChI is InChI=1S/C22H23ClN4O2S/c1-14-2-4-15(5-3-14)21(16-6-7-16)25-20(28)13-30-22-24-19(26-27-22)12-29-18-10-8-17(23)9-11-18/h2-5,8-11,16,21H,6-7,12-13H2,1H3,(H,25,28)(H,24,26,27). The molecule has 1 aliphatic rings. The van der Waals surface area contributed by atoms with Gasteiger partial charge in [-0.25, -0.2) is 4.98 Å². The fraction of sp³-hybridized carbons (Fsp3) is 0.318. The van der Waals surface area contributed by atoms with Gasteiger partial charge in [-0.15, -0.1) is 5.10 Å². The maximum Gasteiger partial charge on any atom is 0.230 e. The molecule has 2 N–H and O–H groups in total. The van der Waals surface area contributed by atoms with Gasteiger partial charge < -0.3 is 10.1 Å². The van der Waals surface area contributed by atoms with Crippen molar-refractivity contribution in [3.63, 3.8) is 0 Å². The van der Waals surface area contributed by atoms with Crippen LogP contribution in [0.1, 0.15) is 35.8 Å². The summed E-state index contributed by atoms with van der Waals surface area (Å²) in [6.07, 6.45) is 2.31. The van der Waals surface area contributed by atoms with Crippen molar-refractivity contribution >= 4 is 29.3 Å². The molecule has 1 saturated carbocycles. The maximum absolute atomic E-state index is 12.5. The molecule has 0 bridgehead atoms. The highest BCUT2D eigenvalue weighted by molar-refractivity contribution is 7.99. The molecule has 3 aromatic rings. The summed E-state index contributed by atoms with van der Waals surface area (Å²) in [4.78, 5) is 16.9. The van der Waals surface area contributed by atoms with Gasteiger partial charge in [0.05, 0.1) is 11.8 Å². The minimum absolute atomic E-state index is 0.0127. The Labute approximate surface area is 184 Å². The van der Waals surface area contributed by atoms with Crippen molar-refractivity contribution < 1.29 is 9.53 Å². The number of thioether (sulfide) groups is 1. The fourth-order valence-electron chi connectivity index (χ4n) is 3.11. The van der Waals surface area contributed by atoms with Gasteiger partial charge in [0.25, 0.3) is 0 Å². The van der Waals surface area contributed by atoms with Crippen molar-refractivity contribution in [1.82, 2.24) is 20.5 Å². The summed E-state index contributed by atoms with van der Waals surface area (Å²) in [6.45, 7) is 2.33. The molecule has 8 heteroatoms. The molecule has 1 amide bonds. The number of nitrogens with one attached hydrogen (secondary N) is 2. The topological polar surface area (TPSA) is 79.9 Å². The number of carbonyl (C=O) groups excluding carboxylic acids is 1. The first-order valence-electron chi connectivity index (χ1n) is 9.85. The summed E-state index contributed by atoms with van der Waals surface area (Å²) in [5.41, 5.74) is 2.39. The molecule has 0 saturated heterocycles. The molecule has 156 valence electrons. The quantitative estimate of drug-likeness (QED) is 0.469. The molecule has 1 aromatic heterocycles. The van der Waals surface area contributed by atoms with E-state index in [0.29, 0.717) is 27.7 Å². The molecule has 0 aliphatic heterocycles. The number of hydrogen-bond donors (Lipinski definition) is 2. The van der Waals surface area contributed by atoms with Crippen LogP contribution in [0.4, 0.5) is 0 Å². The van der Waals surface area contributed by atoms with E-state index in [-0.39, 0.29) is 24.3 Å². The Kier molecular flexibility index (Phi) is 6.59. The smallest absolute Gasteiger partial charge is 0.230 e. The molecule has 0 radical (unpaired) electrons. The van der Waals surface area contributed by atoms with Crippen LogP contribution < -0.4 is 10.1 Å². The van der Waals surface area contributed by atoms with Crippen LogP contribution in [0.15, 0.2) is 53.7 Å². The first-order chi connectivity index (χ1) is 14.6. The van der Waals surface area contributed by atoms with E-state index in [1.165, 1.54) is 22.9 Å². The molecule has 6 nitrogen and oxygen atoms in total. The van der Waals surface area contributed by atoms with Crippen molar-refractivity contribution in [2.24, 2.45) is 5.92 Å². The monoisotopic (exact) mass is 442 g/mol. The summed E-state index contributed by atoms with van der Waals surface area (Å²) >= 11 is 7.17. The molecule has 30 heavy (non-hydrogen) atoms. The first-order valence-corrected chi connectivity index (χ1v) is 11.2. The Morgan fingerprint density at radius 1 is 1.23 bits per heavy atom. The predicted molar refractivity (Wildman–Crippen MR) is 118 cm³/mol. The number of benzene rings is 2. The number of nitrogens with zero attached hydrogens (tertiary/aromatic N) is 2. The second kappa shape index (κ2) is 9.53. The molecule has 0 spiro atoms. The Morgan fingerprint density at radius 3 is 2.67 bits per heavy atom. The molecule has 4 rings (SSSR count). The fourth-order valence-corrected chi connectivity index (χ4v) is 3.87. The summed E-state index contributed by atoms with van der Waals surface area (Å²) in [7, 11) is 0. The van der Waals surface area contributed by atoms with E-state index in [9.17, 15) is 4.79 Å². The zero-order chi connectivity index (χ0) is 20.9. The van der Waals surface area contributed by atoms with Crippen LogP contribution in [-0.2, 0) is 11.4 Å². The first kappa shape index (κ1) is 20.8. The van der Waals surface area contributed by atoms with Crippen LogP contribution in [-0.4, -0.2) is 26.8 Å². The SMILES string of the molecule is Cc1ccc(C(NC(=O)CSc2n[nH]c(COc3ccc(Cl)cc3)n2)C2CC2)cc1. The summed E-state index contributed by atoms with van der Waals surface area (Å²) in [5.74, 6) is 2.09. The lowest BCUT2D eigenvalue weighted by Gasteiger charge is -2.18. The van der Waals surface area contributed by atoms with Crippen molar-refractivity contribution in [3.8, 4) is 5.75 Å². The van der Waals surface area contributed by atoms with Crippen molar-refractivity contribution in [2.45, 2.75) is 37.6 Å². The maximum atomic E-state index is 12.5. The molecule has 2 aromatic carbocycles. The third-order valence-corrected chi connectivity index (χ3v) is 5.98. The average Bonchev–Trinajstić information content (AvgIpc) is 3.49. The molecule has 1 heterocycles. The molecule has 1 aliphatic carbocycles. The van der Waals surface area contributed by atoms with Crippen LogP contribution in [0, 0.1) is 12.8 Å². The van der Waals surface area contributed by atoms with Crippen LogP contribution in [0.5, 0.6) is 5.75 Å². The number of hydrogen-bond acceptors (Lipinski definition) is 5. The van der Waals surface area contributed by atoms with E-state index in [1.54, 1.807) is 24.3 Å². The third kappa shape index (κ3) is 5.77. The van der Waals surface area contributed by atoms with Gasteiger partial charge in [0.15, 0.2) is 5.82 Å². The summed E-state index contributed by atoms with van der Waals surface area (Å²) < 4.78 is 5.65. The van der Waals surface area contributed by atoms with Crippen molar-refractivity contribution in [2.75, 3.05) is 5.75 Å². The number of H-pyrrole nitrogens is 1. The highest BCUT2D eigenvalue weighted by atomic mass is 35.5. The average molecular weight is 443 g/mol. The number of rotatable bonds is 9. The van der Waals surface area contributed by atoms with E-state index in [0.717, 1.165) is 12.8 Å². The van der Waals surface area contributed by atoms with Crippen molar-refractivity contribution in [1.29, 1.82) is 0 Å². The lowest BCUT2D eigenvalue weighted by molar-refractivity contribution is -0.119. The van der Waals surface area contributed by atoms with Gasteiger partial charge in [0, 0.05) is 5.02 Å². The van der Waals surface area contributed by atoms with Gasteiger partial charge >= 0.3 is 0 Å². The lowest BCUT2D eigenvalue weighted by atomic mass is 10.0. The highest BCUT2D eigenvalue weighted by Crippen LogP contribution is 2.41. The molecule has 1 fully saturated rings. The molecule has 1 atom stereocenters. The van der Waals surface area contributed by atoms with Gasteiger partial charge in [-0.05, 0) is 55.5 Å². The van der Waals surface area contributed by atoms with E-state index in [1.807, 2.05) is 0 Å². The summed E-state index contributed by atoms with van der Waals surface area (Å²) in [6, 6.07) is 15.6. The minimum atomic E-state index is -0.0127. The van der Waals surface area contributed by atoms with E-state index >= 15 is 0 Å². The number of aryl methyl sites for hydroxylation is 1. The van der Waals surface area contributed by atoms with Gasteiger partial charge in [0.2, 0.25) is 11.1 Å². The largest absolute Gasteiger partial charge is 0.486 e. The minimum Gasteiger partial charge on any atom is -0.486 e. The number of aromatic amines is 1. The number of amides is 1. The number of aromatic nitrogens is 3. The second-order valence-corrected chi connectivity index (χ2v) is 8.77. The van der Waals surface area contributed by atoms with Crippen LogP contribution >= 0.6 is 23.4 Å². The van der Waals surface area contributed by atoms with Crippen molar-refractivity contribution in [3.05, 3.63) is 70.5 Å². The van der Waals surface area contributed by atoms with Crippen LogP contribution in [0.25, 0.3) is 0 Å². The Hall–Kier alpha value is -2.51. The lowest BCUT2D eigenvalue weighted by Crippen LogP contribution is -2.31. The van der Waals surface area contributed by atoms with E-state index in [2.05, 4.69) is 51.7 Å². The van der Waals surface area contributed by atoms with Crippen LogP contribution in [0.3, 0.4) is 0 Å². The molecular weight excluding hydrogens is 420 g/mol. The predicted octanol–water partition coefficient (Wildman–Crippen LogP) is 4.71. The third-order valence-electron chi connectivity index (χ3n) is 4.88. The molecular formula is C22H23ClN4O2S. The van der Waals surface area contributed by atoms with Gasteiger partial charge in [-0.2, -0.15) is 0 Å². The zero-order valence-corrected chi connectivity index (χ0v) is 18.2. The van der Waals surface area contributed by atoms with Crippen LogP contribution in [0.2, 0.25) is 5.02 Å². The van der Waals surface area contributed by atoms with E-state index in [4.69, 9.17) is 16.3 Å². The Balaban J connectivity index is 1.26. The Bertz CT molecular complexity index is 987. The summed E-state index contributed by atoms with van der Waals surface area (Å²) in [5, 5.41) is 11.4. The highest BCUT2D eigenvalue weighted by Gasteiger charge is 2.33. The van der Waals surface area contributed by atoms with E-state index < -0.39 is 0 Å². The number of carbonyl (C=O) groups is 1. The molecule has 1 unspecified atom stereocenters. The Morgan fingerprint density at radius 2 is 1.97 bits per heavy atom. The number of ether oxygens (including phenoxy) is 1. The number of halogens is 1. The van der Waals surface area contributed by atoms with Gasteiger partial charge in [-0.1, -0.05) is 53.2 Å². The second-order valence-electron chi connectivity index (χ2n) is 7.39. The van der Waals surface area contributed by atoms with Gasteiger partial charge in [0.1, 0.15) is 12.4 Å². The zero-order valence-electron chi connectivity index (χ0n) is 16.6. The normalized spacial score (nSPS) is 14.3.